The first-order valence-electron chi connectivity index (χ1n) is 10.7. The van der Waals surface area contributed by atoms with Crippen molar-refractivity contribution < 1.29 is 4.74 Å². The average Bonchev–Trinajstić information content (AvgIpc) is 3.09. The Morgan fingerprint density at radius 3 is 2.42 bits per heavy atom. The molecule has 0 aromatic rings. The van der Waals surface area contributed by atoms with E-state index in [0.717, 1.165) is 57.8 Å². The number of morpholine rings is 1. The zero-order valence-electron chi connectivity index (χ0n) is 17.5. The predicted molar refractivity (Wildman–Crippen MR) is 110 cm³/mol. The Bertz CT molecular complexity index is 407. The van der Waals surface area contributed by atoms with Gasteiger partial charge < -0.3 is 20.3 Å². The molecule has 2 N–H and O–H groups in total. The number of rotatable bonds is 9. The van der Waals surface area contributed by atoms with E-state index >= 15 is 0 Å². The van der Waals surface area contributed by atoms with Crippen LogP contribution in [-0.4, -0.2) is 87.9 Å². The first-order chi connectivity index (χ1) is 12.7. The van der Waals surface area contributed by atoms with Crippen molar-refractivity contribution in [3.63, 3.8) is 0 Å². The Hall–Kier alpha value is -0.850. The third kappa shape index (κ3) is 6.71. The van der Waals surface area contributed by atoms with E-state index < -0.39 is 0 Å². The summed E-state index contributed by atoms with van der Waals surface area (Å²) in [6, 6.07) is 0.516. The summed E-state index contributed by atoms with van der Waals surface area (Å²) in [5.41, 5.74) is 0. The number of hydrogen-bond donors (Lipinski definition) is 2. The van der Waals surface area contributed by atoms with Gasteiger partial charge in [0.2, 0.25) is 0 Å². The van der Waals surface area contributed by atoms with E-state index in [0.29, 0.717) is 12.0 Å². The highest BCUT2D eigenvalue weighted by molar-refractivity contribution is 5.79. The van der Waals surface area contributed by atoms with Crippen LogP contribution in [-0.2, 0) is 4.74 Å². The molecular weight excluding hydrogens is 326 g/mol. The Kier molecular flexibility index (Phi) is 9.72. The van der Waals surface area contributed by atoms with Gasteiger partial charge in [-0.2, -0.15) is 0 Å². The molecule has 152 valence electrons. The summed E-state index contributed by atoms with van der Waals surface area (Å²) in [5.74, 6) is 2.41. The summed E-state index contributed by atoms with van der Waals surface area (Å²) >= 11 is 0. The van der Waals surface area contributed by atoms with Crippen molar-refractivity contribution in [2.24, 2.45) is 16.8 Å². The fourth-order valence-corrected chi connectivity index (χ4v) is 4.27. The van der Waals surface area contributed by atoms with Crippen LogP contribution in [0.15, 0.2) is 4.99 Å². The molecule has 0 aromatic carbocycles. The van der Waals surface area contributed by atoms with E-state index in [2.05, 4.69) is 48.3 Å². The summed E-state index contributed by atoms with van der Waals surface area (Å²) < 4.78 is 5.56. The van der Waals surface area contributed by atoms with Crippen molar-refractivity contribution in [2.45, 2.75) is 46.1 Å². The molecule has 2 rings (SSSR count). The molecule has 2 aliphatic rings. The largest absolute Gasteiger partial charge is 0.379 e. The summed E-state index contributed by atoms with van der Waals surface area (Å²) in [5, 5.41) is 7.02. The molecule has 6 nitrogen and oxygen atoms in total. The van der Waals surface area contributed by atoms with Crippen LogP contribution in [0, 0.1) is 11.8 Å². The standard InChI is InChI=1S/C20H41N5O/c1-5-18(6-2)19(25-10-12-26-13-11-25)15-23-20(21-7-3)22-14-17-8-9-24(4)16-17/h17-19H,5-16H2,1-4H3,(H2,21,22,23). The van der Waals surface area contributed by atoms with Crippen LogP contribution in [0.4, 0.5) is 0 Å². The second-order valence-corrected chi connectivity index (χ2v) is 7.81. The Morgan fingerprint density at radius 2 is 1.85 bits per heavy atom. The Balaban J connectivity index is 1.95. The van der Waals surface area contributed by atoms with Gasteiger partial charge in [0.15, 0.2) is 5.96 Å². The molecule has 0 aromatic heterocycles. The van der Waals surface area contributed by atoms with Gasteiger partial charge in [0, 0.05) is 38.8 Å². The number of hydrogen-bond acceptors (Lipinski definition) is 4. The topological polar surface area (TPSA) is 52.1 Å². The molecule has 2 aliphatic heterocycles. The number of nitrogens with one attached hydrogen (secondary N) is 2. The van der Waals surface area contributed by atoms with Crippen LogP contribution in [0.2, 0.25) is 0 Å². The molecular formula is C20H41N5O. The highest BCUT2D eigenvalue weighted by Crippen LogP contribution is 2.20. The fraction of sp³-hybridized carbons (Fsp3) is 0.950. The van der Waals surface area contributed by atoms with Crippen molar-refractivity contribution in [1.82, 2.24) is 20.4 Å². The molecule has 2 heterocycles. The van der Waals surface area contributed by atoms with E-state index in [9.17, 15) is 0 Å². The van der Waals surface area contributed by atoms with Crippen molar-refractivity contribution in [3.05, 3.63) is 0 Å². The summed E-state index contributed by atoms with van der Waals surface area (Å²) in [7, 11) is 2.21. The lowest BCUT2D eigenvalue weighted by atomic mass is 9.92. The molecule has 2 saturated heterocycles. The van der Waals surface area contributed by atoms with Gasteiger partial charge in [-0.15, -0.1) is 0 Å². The van der Waals surface area contributed by atoms with E-state index in [4.69, 9.17) is 9.73 Å². The molecule has 6 heteroatoms. The number of aliphatic imine (C=N–C) groups is 1. The van der Waals surface area contributed by atoms with Crippen molar-refractivity contribution in [2.75, 3.05) is 66.1 Å². The lowest BCUT2D eigenvalue weighted by Crippen LogP contribution is -2.49. The maximum atomic E-state index is 5.56. The highest BCUT2D eigenvalue weighted by atomic mass is 16.5. The monoisotopic (exact) mass is 367 g/mol. The second-order valence-electron chi connectivity index (χ2n) is 7.81. The minimum atomic E-state index is 0.516. The molecule has 0 radical (unpaired) electrons. The summed E-state index contributed by atoms with van der Waals surface area (Å²) in [6.45, 7) is 15.7. The molecule has 2 fully saturated rings. The second kappa shape index (κ2) is 11.8. The van der Waals surface area contributed by atoms with Crippen LogP contribution in [0.25, 0.3) is 0 Å². The molecule has 0 bridgehead atoms. The van der Waals surface area contributed by atoms with Gasteiger partial charge in [0.25, 0.3) is 0 Å². The molecule has 2 atom stereocenters. The first-order valence-corrected chi connectivity index (χ1v) is 10.7. The number of likely N-dealkylation sites (tertiary alicyclic amines) is 1. The van der Waals surface area contributed by atoms with E-state index in [1.165, 1.54) is 32.4 Å². The minimum absolute atomic E-state index is 0.516. The fourth-order valence-electron chi connectivity index (χ4n) is 4.27. The molecule has 0 amide bonds. The molecule has 0 spiro atoms. The van der Waals surface area contributed by atoms with Crippen molar-refractivity contribution in [3.8, 4) is 0 Å². The zero-order valence-corrected chi connectivity index (χ0v) is 17.5. The lowest BCUT2D eigenvalue weighted by Gasteiger charge is -2.38. The Labute approximate surface area is 160 Å². The average molecular weight is 368 g/mol. The van der Waals surface area contributed by atoms with Gasteiger partial charge >= 0.3 is 0 Å². The number of nitrogens with zero attached hydrogens (tertiary/aromatic N) is 3. The van der Waals surface area contributed by atoms with Gasteiger partial charge in [-0.1, -0.05) is 26.7 Å². The van der Waals surface area contributed by atoms with Crippen LogP contribution in [0.1, 0.15) is 40.0 Å². The molecule has 0 aliphatic carbocycles. The smallest absolute Gasteiger partial charge is 0.191 e. The zero-order chi connectivity index (χ0) is 18.8. The van der Waals surface area contributed by atoms with Crippen LogP contribution in [0.5, 0.6) is 0 Å². The van der Waals surface area contributed by atoms with Gasteiger partial charge in [-0.25, -0.2) is 0 Å². The molecule has 2 unspecified atom stereocenters. The number of guanidine groups is 1. The maximum absolute atomic E-state index is 5.56. The van der Waals surface area contributed by atoms with E-state index in [1.807, 2.05) is 0 Å². The van der Waals surface area contributed by atoms with Gasteiger partial charge in [-0.05, 0) is 38.8 Å². The van der Waals surface area contributed by atoms with Crippen molar-refractivity contribution in [1.29, 1.82) is 0 Å². The van der Waals surface area contributed by atoms with Crippen LogP contribution >= 0.6 is 0 Å². The van der Waals surface area contributed by atoms with Gasteiger partial charge in [0.1, 0.15) is 0 Å². The third-order valence-electron chi connectivity index (χ3n) is 5.94. The third-order valence-corrected chi connectivity index (χ3v) is 5.94. The maximum Gasteiger partial charge on any atom is 0.191 e. The quantitative estimate of drug-likeness (QED) is 0.479. The summed E-state index contributed by atoms with van der Waals surface area (Å²) in [4.78, 5) is 10.00. The predicted octanol–water partition coefficient (Wildman–Crippen LogP) is 1.63. The minimum Gasteiger partial charge on any atom is -0.379 e. The normalized spacial score (nSPS) is 24.2. The van der Waals surface area contributed by atoms with Crippen LogP contribution in [0.3, 0.4) is 0 Å². The van der Waals surface area contributed by atoms with Gasteiger partial charge in [-0.3, -0.25) is 9.89 Å². The lowest BCUT2D eigenvalue weighted by molar-refractivity contribution is 0.00395. The molecule has 0 saturated carbocycles. The summed E-state index contributed by atoms with van der Waals surface area (Å²) in [6.07, 6.45) is 3.71. The Morgan fingerprint density at radius 1 is 1.12 bits per heavy atom. The first kappa shape index (κ1) is 21.5. The highest BCUT2D eigenvalue weighted by Gasteiger charge is 2.27. The van der Waals surface area contributed by atoms with Crippen LogP contribution < -0.4 is 10.6 Å². The molecule has 26 heavy (non-hydrogen) atoms. The van der Waals surface area contributed by atoms with E-state index in [1.54, 1.807) is 0 Å². The SMILES string of the molecule is CCNC(=NCC(C(CC)CC)N1CCOCC1)NCC1CCN(C)C1. The van der Waals surface area contributed by atoms with Gasteiger partial charge in [0.05, 0.1) is 19.8 Å². The number of ether oxygens (including phenoxy) is 1. The van der Waals surface area contributed by atoms with Crippen molar-refractivity contribution >= 4 is 5.96 Å². The van der Waals surface area contributed by atoms with E-state index in [-0.39, 0.29) is 0 Å².